The summed E-state index contributed by atoms with van der Waals surface area (Å²) < 4.78 is 51.6. The average molecular weight is 843 g/mol. The molecule has 6 saturated heterocycles. The molecule has 15 atom stereocenters. The largest absolute Gasteiger partial charge is 0.382 e. The molecule has 57 heavy (non-hydrogen) atoms. The summed E-state index contributed by atoms with van der Waals surface area (Å²) in [4.78, 5) is 19.8. The molecule has 15 nitrogen and oxygen atoms in total. The Balaban J connectivity index is 0.000000189. The Hall–Kier alpha value is -1.70. The first-order valence-corrected chi connectivity index (χ1v) is 22.1. The van der Waals surface area contributed by atoms with Gasteiger partial charge in [0.1, 0.15) is 60.2 Å². The van der Waals surface area contributed by atoms with Crippen molar-refractivity contribution in [1.29, 1.82) is 0 Å². The van der Waals surface area contributed by atoms with Crippen LogP contribution in [0.15, 0.2) is 38.0 Å². The average Bonchev–Trinajstić information content (AvgIpc) is 4.06. The molecule has 6 fully saturated rings. The Labute approximate surface area is 346 Å². The minimum Gasteiger partial charge on any atom is -0.382 e. The molecule has 10 unspecified atom stereocenters. The topological polar surface area (TPSA) is 120 Å². The van der Waals surface area contributed by atoms with Crippen molar-refractivity contribution in [3.8, 4) is 37.6 Å². The Kier molecular flexibility index (Phi) is 20.7. The second-order valence-electron chi connectivity index (χ2n) is 13.1. The molecule has 306 valence electrons. The minimum atomic E-state index is -1.36. The molecule has 0 N–H and O–H groups in total. The monoisotopic (exact) mass is 843 g/mol. The van der Waals surface area contributed by atoms with Gasteiger partial charge in [-0.05, 0) is 38.5 Å². The van der Waals surface area contributed by atoms with Crippen LogP contribution in [0.3, 0.4) is 0 Å². The highest BCUT2D eigenvalue weighted by Crippen LogP contribution is 2.54. The maximum atomic E-state index is 5.94. The molecule has 0 amide bonds. The minimum absolute atomic E-state index is 0.0171. The van der Waals surface area contributed by atoms with E-state index in [1.54, 1.807) is 18.2 Å². The Morgan fingerprint density at radius 3 is 1.04 bits per heavy atom. The summed E-state index contributed by atoms with van der Waals surface area (Å²) in [5.74, 6) is 0. The van der Waals surface area contributed by atoms with E-state index in [1.165, 1.54) is 14.5 Å². The number of hydrogen-bond acceptors (Lipinski definition) is 15. The van der Waals surface area contributed by atoms with Gasteiger partial charge in [0.15, 0.2) is 0 Å². The van der Waals surface area contributed by atoms with Crippen molar-refractivity contribution in [2.45, 2.75) is 132 Å². The number of rotatable bonds is 15. The lowest BCUT2D eigenvalue weighted by Crippen LogP contribution is -2.24. The van der Waals surface area contributed by atoms with Crippen molar-refractivity contribution in [1.82, 2.24) is 14.5 Å². The first-order chi connectivity index (χ1) is 27.5. The Morgan fingerprint density at radius 2 is 0.825 bits per heavy atom. The van der Waals surface area contributed by atoms with Gasteiger partial charge in [-0.2, -0.15) is 0 Å². The fourth-order valence-electron chi connectivity index (χ4n) is 6.25. The molecule has 6 radical (unpaired) electrons. The second kappa shape index (κ2) is 24.5. The summed E-state index contributed by atoms with van der Waals surface area (Å²) in [6.45, 7) is 18.7. The maximum absolute atomic E-state index is 5.94. The van der Waals surface area contributed by atoms with Gasteiger partial charge in [0, 0.05) is 18.0 Å². The molecule has 6 aliphatic rings. The van der Waals surface area contributed by atoms with Crippen LogP contribution in [0.25, 0.3) is 0 Å². The van der Waals surface area contributed by atoms with Crippen molar-refractivity contribution in [3.05, 3.63) is 38.0 Å². The van der Waals surface area contributed by atoms with Gasteiger partial charge in [0.2, 0.25) is 0 Å². The number of hydrogen-bond donors (Lipinski definition) is 0. The highest BCUT2D eigenvalue weighted by Gasteiger charge is 2.44. The third kappa shape index (κ3) is 13.9. The predicted molar refractivity (Wildman–Crippen MR) is 218 cm³/mol. The molecular weight excluding hydrogens is 792 g/mol. The van der Waals surface area contributed by atoms with Gasteiger partial charge in [-0.3, -0.25) is 0 Å². The van der Waals surface area contributed by atoms with Crippen LogP contribution in [-0.4, -0.2) is 131 Å². The molecule has 0 saturated carbocycles. The van der Waals surface area contributed by atoms with Crippen molar-refractivity contribution in [3.63, 3.8) is 0 Å². The number of hydroxylamine groups is 3. The molecule has 0 aliphatic carbocycles. The third-order valence-corrected chi connectivity index (χ3v) is 13.6. The van der Waals surface area contributed by atoms with E-state index in [-0.39, 0.29) is 72.9 Å². The molecule has 21 heteroatoms. The van der Waals surface area contributed by atoms with Crippen LogP contribution in [0.5, 0.6) is 0 Å². The summed E-state index contributed by atoms with van der Waals surface area (Å²) in [6, 6.07) is -0.862. The lowest BCUT2D eigenvalue weighted by molar-refractivity contribution is -0.00961. The Morgan fingerprint density at radius 1 is 0.561 bits per heavy atom. The lowest BCUT2D eigenvalue weighted by Gasteiger charge is -2.23. The molecule has 0 aromatic carbocycles. The van der Waals surface area contributed by atoms with Gasteiger partial charge >= 0.3 is 0 Å². The summed E-state index contributed by atoms with van der Waals surface area (Å²) in [5, 5.41) is 0. The van der Waals surface area contributed by atoms with Crippen LogP contribution in [0, 0.1) is 37.6 Å². The van der Waals surface area contributed by atoms with Crippen molar-refractivity contribution < 1.29 is 55.9 Å². The molecule has 0 aromatic rings. The van der Waals surface area contributed by atoms with E-state index >= 15 is 0 Å². The third-order valence-electron chi connectivity index (χ3n) is 9.06. The van der Waals surface area contributed by atoms with Gasteiger partial charge in [0.05, 0.1) is 56.3 Å². The van der Waals surface area contributed by atoms with Crippen LogP contribution in [-0.2, 0) is 55.9 Å². The number of terminal acetylenes is 3. The van der Waals surface area contributed by atoms with Crippen LogP contribution in [0.4, 0.5) is 0 Å². The van der Waals surface area contributed by atoms with Crippen LogP contribution >= 0.6 is 25.6 Å². The molecule has 0 spiro atoms. The van der Waals surface area contributed by atoms with Crippen LogP contribution in [0.1, 0.15) is 59.3 Å². The summed E-state index contributed by atoms with van der Waals surface area (Å²) >= 11 is 0. The van der Waals surface area contributed by atoms with Crippen molar-refractivity contribution >= 4 is 49.1 Å². The molecular formula is C36H51B3N3O12P3. The van der Waals surface area contributed by atoms with Gasteiger partial charge in [-0.25, -0.2) is 0 Å². The highest BCUT2D eigenvalue weighted by atomic mass is 31.2. The zero-order chi connectivity index (χ0) is 41.5. The predicted octanol–water partition coefficient (Wildman–Crippen LogP) is 5.10. The lowest BCUT2D eigenvalue weighted by atomic mass is 9.96. The zero-order valence-electron chi connectivity index (χ0n) is 32.7. The smallest absolute Gasteiger partial charge is 0.296 e. The standard InChI is InChI=1S/3C12H17BNO4P/c3*1-4-9-8-14(15-6-3)19(17-9)18-11-7-12(13)16-10(11)5-2/h3*3-4,9-12H,1,5,7-8H2,2H3/t9?,10-,11?,12?,19?;9?,10-,11?,12?,19+;9?,10-,11?,12?,19-/m111/s1. The van der Waals surface area contributed by atoms with Gasteiger partial charge in [0.25, 0.3) is 25.6 Å². The second-order valence-corrected chi connectivity index (χ2v) is 17.1. The quantitative estimate of drug-likeness (QED) is 0.0941. The first-order valence-electron chi connectivity index (χ1n) is 18.7. The van der Waals surface area contributed by atoms with Crippen LogP contribution < -0.4 is 0 Å². The van der Waals surface area contributed by atoms with E-state index in [2.05, 4.69) is 38.1 Å². The molecule has 0 aromatic heterocycles. The molecule has 0 bridgehead atoms. The molecule has 6 rings (SSSR count). The summed E-state index contributed by atoms with van der Waals surface area (Å²) in [7, 11) is 13.3. The summed E-state index contributed by atoms with van der Waals surface area (Å²) in [5.41, 5.74) is 0. The molecule has 6 aliphatic heterocycles. The van der Waals surface area contributed by atoms with Gasteiger partial charge in [-0.15, -0.1) is 19.7 Å². The zero-order valence-corrected chi connectivity index (χ0v) is 35.4. The maximum Gasteiger partial charge on any atom is 0.296 e. The fraction of sp³-hybridized carbons (Fsp3) is 0.667. The molecule has 6 heterocycles. The highest BCUT2D eigenvalue weighted by molar-refractivity contribution is 7.45. The van der Waals surface area contributed by atoms with Gasteiger partial charge in [-0.1, -0.05) is 72.8 Å². The van der Waals surface area contributed by atoms with E-state index in [0.29, 0.717) is 38.9 Å². The summed E-state index contributed by atoms with van der Waals surface area (Å²) in [6.07, 6.45) is 30.6. The number of nitrogens with zero attached hydrogens (tertiary/aromatic N) is 3. The van der Waals surface area contributed by atoms with Gasteiger partial charge < -0.3 is 55.9 Å². The SMILES string of the molecule is [B]C1CC(OP2OC(C=C)CN2OC#C)[C@@H](CC)O1.[B]C1CC(O[P@@]2OC(C=C)CN2OC#C)[C@@H](CC)O1.[B]C1CC(O[P@]2OC(C=C)CN2OC#C)[C@@H](CC)O1. The van der Waals surface area contributed by atoms with E-state index in [0.717, 1.165) is 19.3 Å². The Bertz CT molecular complexity index is 1250. The first kappa shape index (κ1) is 48.0. The van der Waals surface area contributed by atoms with E-state index in [1.807, 2.05) is 20.8 Å². The normalized spacial score (nSPS) is 39.1. The van der Waals surface area contributed by atoms with E-state index in [4.69, 9.17) is 98.7 Å². The number of ether oxygens (including phenoxy) is 3. The fourth-order valence-corrected chi connectivity index (χ4v) is 10.8. The van der Waals surface area contributed by atoms with E-state index in [9.17, 15) is 0 Å². The van der Waals surface area contributed by atoms with Crippen molar-refractivity contribution in [2.24, 2.45) is 0 Å². The van der Waals surface area contributed by atoms with E-state index < -0.39 is 25.6 Å². The van der Waals surface area contributed by atoms with Crippen molar-refractivity contribution in [2.75, 3.05) is 19.6 Å². The van der Waals surface area contributed by atoms with Crippen LogP contribution in [0.2, 0.25) is 0 Å².